The molecule has 0 saturated heterocycles. The molecule has 1 aliphatic heterocycles. The monoisotopic (exact) mass is 659 g/mol. The number of hydrazine groups is 1. The lowest BCUT2D eigenvalue weighted by Gasteiger charge is -2.33. The lowest BCUT2D eigenvalue weighted by atomic mass is 9.83. The van der Waals surface area contributed by atoms with Crippen LogP contribution >= 0.6 is 0 Å². The number of aliphatic hydroxyl groups is 2. The van der Waals surface area contributed by atoms with E-state index in [1.807, 2.05) is 109 Å². The van der Waals surface area contributed by atoms with Crippen molar-refractivity contribution in [1.29, 1.82) is 0 Å². The van der Waals surface area contributed by atoms with Gasteiger partial charge in [-0.1, -0.05) is 116 Å². The lowest BCUT2D eigenvalue weighted by molar-refractivity contribution is -0.130. The maximum Gasteiger partial charge on any atom is 0.266 e. The van der Waals surface area contributed by atoms with Gasteiger partial charge in [0, 0.05) is 31.6 Å². The third kappa shape index (κ3) is 8.46. The van der Waals surface area contributed by atoms with Gasteiger partial charge in [0.05, 0.1) is 12.2 Å². The molecule has 8 heteroatoms. The van der Waals surface area contributed by atoms with Gasteiger partial charge in [-0.15, -0.1) is 0 Å². The topological polar surface area (TPSA) is 112 Å². The van der Waals surface area contributed by atoms with Crippen LogP contribution in [0.2, 0.25) is 0 Å². The van der Waals surface area contributed by atoms with E-state index in [9.17, 15) is 9.90 Å². The molecule has 1 aliphatic carbocycles. The Hall–Kier alpha value is -4.76. The number of ether oxygens (including phenoxy) is 2. The average Bonchev–Trinajstić information content (AvgIpc) is 3.54. The molecule has 1 heterocycles. The summed E-state index contributed by atoms with van der Waals surface area (Å²) in [5, 5.41) is 20.2. The van der Waals surface area contributed by atoms with Crippen molar-refractivity contribution < 1.29 is 24.5 Å². The lowest BCUT2D eigenvalue weighted by Crippen LogP contribution is -2.55. The normalized spacial score (nSPS) is 20.0. The molecule has 1 fully saturated rings. The number of hydrogen-bond acceptors (Lipinski definition) is 7. The number of benzene rings is 4. The van der Waals surface area contributed by atoms with Crippen LogP contribution in [0.1, 0.15) is 67.7 Å². The zero-order chi connectivity index (χ0) is 33.9. The zero-order valence-electron chi connectivity index (χ0n) is 27.8. The van der Waals surface area contributed by atoms with Gasteiger partial charge in [-0.25, -0.2) is 10.4 Å². The van der Waals surface area contributed by atoms with Gasteiger partial charge in [-0.05, 0) is 59.4 Å². The van der Waals surface area contributed by atoms with Crippen molar-refractivity contribution in [2.45, 2.75) is 62.2 Å². The fraction of sp³-hybridized carbons (Fsp3) is 0.317. The summed E-state index contributed by atoms with van der Waals surface area (Å²) < 4.78 is 12.4. The molecular weight excluding hydrogens is 614 g/mol. The predicted molar refractivity (Wildman–Crippen MR) is 193 cm³/mol. The van der Waals surface area contributed by atoms with E-state index in [1.54, 1.807) is 0 Å². The van der Waals surface area contributed by atoms with Crippen molar-refractivity contribution in [2.24, 2.45) is 4.99 Å². The number of aliphatic imine (C=N–C) groups is 1. The van der Waals surface area contributed by atoms with E-state index in [-0.39, 0.29) is 25.5 Å². The molecule has 4 aromatic carbocycles. The first kappa shape index (κ1) is 34.1. The van der Waals surface area contributed by atoms with E-state index in [2.05, 4.69) is 23.0 Å². The first-order valence-electron chi connectivity index (χ1n) is 17.2. The van der Waals surface area contributed by atoms with Crippen molar-refractivity contribution >= 4 is 17.9 Å². The second kappa shape index (κ2) is 16.1. The van der Waals surface area contributed by atoms with Gasteiger partial charge in [0.1, 0.15) is 5.75 Å². The van der Waals surface area contributed by atoms with Crippen molar-refractivity contribution in [3.8, 4) is 16.9 Å². The number of carbonyl (C=O) groups excluding carboxylic acids is 1. The molecule has 4 aromatic rings. The Morgan fingerprint density at radius 1 is 0.857 bits per heavy atom. The predicted octanol–water partition coefficient (Wildman–Crippen LogP) is 6.79. The van der Waals surface area contributed by atoms with Crippen LogP contribution in [0.5, 0.6) is 5.75 Å². The number of rotatable bonds is 14. The molecule has 4 N–H and O–H groups in total. The highest BCUT2D eigenvalue weighted by molar-refractivity contribution is 6.01. The third-order valence-corrected chi connectivity index (χ3v) is 9.29. The molecule has 1 amide bonds. The van der Waals surface area contributed by atoms with Crippen LogP contribution in [-0.4, -0.2) is 52.9 Å². The first-order valence-corrected chi connectivity index (χ1v) is 17.2. The molecule has 0 radical (unpaired) electrons. The van der Waals surface area contributed by atoms with E-state index >= 15 is 0 Å². The summed E-state index contributed by atoms with van der Waals surface area (Å²) in [6.45, 7) is 0.723. The quantitative estimate of drug-likeness (QED) is 0.0876. The Labute approximate surface area is 288 Å². The van der Waals surface area contributed by atoms with Gasteiger partial charge in [-0.2, -0.15) is 0 Å². The number of carbonyl (C=O) groups is 1. The number of hydrogen-bond donors (Lipinski definition) is 4. The van der Waals surface area contributed by atoms with Crippen molar-refractivity contribution in [1.82, 2.24) is 10.9 Å². The van der Waals surface area contributed by atoms with Crippen LogP contribution in [0.4, 0.5) is 0 Å². The highest BCUT2D eigenvalue weighted by Crippen LogP contribution is 2.43. The van der Waals surface area contributed by atoms with E-state index in [0.717, 1.165) is 41.5 Å². The minimum atomic E-state index is -1.37. The molecule has 254 valence electrons. The Kier molecular flexibility index (Phi) is 11.2. The fourth-order valence-corrected chi connectivity index (χ4v) is 6.52. The maximum atomic E-state index is 14.5. The van der Waals surface area contributed by atoms with Gasteiger partial charge in [0.25, 0.3) is 5.91 Å². The summed E-state index contributed by atoms with van der Waals surface area (Å²) in [7, 11) is 0. The van der Waals surface area contributed by atoms with Crippen molar-refractivity contribution in [2.75, 3.05) is 19.8 Å². The molecule has 1 saturated carbocycles. The Balaban J connectivity index is 1.34. The second-order valence-electron chi connectivity index (χ2n) is 12.9. The summed E-state index contributed by atoms with van der Waals surface area (Å²) in [4.78, 5) is 19.6. The van der Waals surface area contributed by atoms with Crippen LogP contribution in [0.25, 0.3) is 17.2 Å². The van der Waals surface area contributed by atoms with Gasteiger partial charge in [0.15, 0.2) is 11.6 Å². The molecule has 8 nitrogen and oxygen atoms in total. The molecule has 0 aromatic heterocycles. The Morgan fingerprint density at radius 2 is 1.51 bits per heavy atom. The molecule has 6 rings (SSSR count). The zero-order valence-corrected chi connectivity index (χ0v) is 27.8. The molecule has 0 bridgehead atoms. The van der Waals surface area contributed by atoms with Crippen molar-refractivity contribution in [3.05, 3.63) is 132 Å². The highest BCUT2D eigenvalue weighted by Gasteiger charge is 2.52. The minimum Gasteiger partial charge on any atom is -0.494 e. The standard InChI is InChI=1S/C41H45N3O5/c45-28-11-29-48-36-23-21-35(22-24-36)38-43-41(27-10-14-31-12-4-1-5-13-31,39(46)44-42-30-40(47)25-8-3-9-26-40)37(49-38)34-19-17-33(18-20-34)32-15-6-2-7-16-32/h1-2,4-7,10,12-24,37,42,45,47H,3,8-9,11,25-30H2,(H,44,46)/b14-10+/t37-,41-/m0/s1. The summed E-state index contributed by atoms with van der Waals surface area (Å²) in [6, 6.07) is 35.6. The summed E-state index contributed by atoms with van der Waals surface area (Å²) in [6.07, 6.45) is 8.47. The maximum absolute atomic E-state index is 14.5. The molecule has 2 aliphatic rings. The second-order valence-corrected chi connectivity index (χ2v) is 12.9. The van der Waals surface area contributed by atoms with Gasteiger partial charge >= 0.3 is 0 Å². The Bertz CT molecular complexity index is 1700. The highest BCUT2D eigenvalue weighted by atomic mass is 16.5. The molecular formula is C41H45N3O5. The van der Waals surface area contributed by atoms with Crippen LogP contribution in [0, 0.1) is 0 Å². The van der Waals surface area contributed by atoms with Crippen LogP contribution < -0.4 is 15.6 Å². The fourth-order valence-electron chi connectivity index (χ4n) is 6.52. The number of amides is 1. The molecule has 49 heavy (non-hydrogen) atoms. The Morgan fingerprint density at radius 3 is 2.20 bits per heavy atom. The van der Waals surface area contributed by atoms with E-state index in [0.29, 0.717) is 43.1 Å². The SMILES string of the molecule is O=C(NNCC1(O)CCCCC1)[C@@]1(C/C=C/c2ccccc2)N=C(c2ccc(OCCCO)cc2)O[C@H]1c1ccc(-c2ccccc2)cc1. The summed E-state index contributed by atoms with van der Waals surface area (Å²) in [5.74, 6) is 0.678. The van der Waals surface area contributed by atoms with Gasteiger partial charge < -0.3 is 19.7 Å². The molecule has 2 atom stereocenters. The summed E-state index contributed by atoms with van der Waals surface area (Å²) in [5.41, 5.74) is 8.45. The minimum absolute atomic E-state index is 0.0630. The number of nitrogens with zero attached hydrogens (tertiary/aromatic N) is 1. The van der Waals surface area contributed by atoms with Gasteiger partial charge in [-0.3, -0.25) is 10.2 Å². The summed E-state index contributed by atoms with van der Waals surface area (Å²) >= 11 is 0. The average molecular weight is 660 g/mol. The molecule has 0 unspecified atom stereocenters. The van der Waals surface area contributed by atoms with Crippen LogP contribution in [-0.2, 0) is 9.53 Å². The third-order valence-electron chi connectivity index (χ3n) is 9.29. The first-order chi connectivity index (χ1) is 24.0. The van der Waals surface area contributed by atoms with Crippen LogP contribution in [0.3, 0.4) is 0 Å². The smallest absolute Gasteiger partial charge is 0.266 e. The van der Waals surface area contributed by atoms with E-state index in [4.69, 9.17) is 19.6 Å². The van der Waals surface area contributed by atoms with Gasteiger partial charge in [0.2, 0.25) is 5.90 Å². The molecule has 0 spiro atoms. The van der Waals surface area contributed by atoms with E-state index < -0.39 is 17.2 Å². The number of nitrogens with one attached hydrogen (secondary N) is 2. The van der Waals surface area contributed by atoms with Crippen LogP contribution in [0.15, 0.2) is 120 Å². The number of aliphatic hydroxyl groups excluding tert-OH is 1. The van der Waals surface area contributed by atoms with E-state index in [1.165, 1.54) is 0 Å². The largest absolute Gasteiger partial charge is 0.494 e. The van der Waals surface area contributed by atoms with Crippen molar-refractivity contribution in [3.63, 3.8) is 0 Å².